The Morgan fingerprint density at radius 1 is 1.07 bits per heavy atom. The maximum atomic E-state index is 11.7. The van der Waals surface area contributed by atoms with Crippen LogP contribution in [0.2, 0.25) is 0 Å². The van der Waals surface area contributed by atoms with Gasteiger partial charge in [0.1, 0.15) is 47.7 Å². The van der Waals surface area contributed by atoms with Crippen LogP contribution in [0.15, 0.2) is 71.1 Å². The maximum absolute atomic E-state index is 11.7. The number of aryl methyl sites for hydroxylation is 1. The van der Waals surface area contributed by atoms with Gasteiger partial charge in [-0.2, -0.15) is 5.10 Å². The summed E-state index contributed by atoms with van der Waals surface area (Å²) in [5, 5.41) is 17.7. The molecule has 1 fully saturated rings. The van der Waals surface area contributed by atoms with Gasteiger partial charge in [-0.3, -0.25) is 0 Å². The molecule has 0 saturated carbocycles. The van der Waals surface area contributed by atoms with Gasteiger partial charge in [-0.15, -0.1) is 17.3 Å². The molecule has 1 aliphatic heterocycles. The van der Waals surface area contributed by atoms with Crippen molar-refractivity contribution in [1.29, 1.82) is 0 Å². The van der Waals surface area contributed by atoms with Gasteiger partial charge < -0.3 is 30.7 Å². The number of ether oxygens (including phenoxy) is 2. The minimum absolute atomic E-state index is 0.0777. The Bertz CT molecular complexity index is 1650. The second-order valence-corrected chi connectivity index (χ2v) is 13.6. The lowest BCUT2D eigenvalue weighted by Gasteiger charge is -2.32. The van der Waals surface area contributed by atoms with E-state index in [2.05, 4.69) is 53.5 Å². The predicted molar refractivity (Wildman–Crippen MR) is 177 cm³/mol. The quantitative estimate of drug-likeness (QED) is 0.0514. The molecule has 7 nitrogen and oxygen atoms in total. The van der Waals surface area contributed by atoms with Gasteiger partial charge in [-0.05, 0) is 77.9 Å². The smallest absolute Gasteiger partial charge is 0.120 e. The van der Waals surface area contributed by atoms with E-state index in [0.717, 1.165) is 33.8 Å². The normalized spacial score (nSPS) is 19.4. The van der Waals surface area contributed by atoms with E-state index in [1.165, 1.54) is 15.6 Å². The third-order valence-corrected chi connectivity index (χ3v) is 10.1. The summed E-state index contributed by atoms with van der Waals surface area (Å²) in [7, 11) is 0. The summed E-state index contributed by atoms with van der Waals surface area (Å²) in [6, 6.07) is 20.4. The molecular formula is C34H37N3O4S2. The summed E-state index contributed by atoms with van der Waals surface area (Å²) in [6.45, 7) is 4.53. The van der Waals surface area contributed by atoms with Gasteiger partial charge in [0.25, 0.3) is 0 Å². The fraction of sp³-hybridized carbons (Fsp3) is 0.324. The highest BCUT2D eigenvalue weighted by molar-refractivity contribution is 7.91. The lowest BCUT2D eigenvalue weighted by Crippen LogP contribution is -2.43. The number of fused-ring (bicyclic) bond motifs is 1. The summed E-state index contributed by atoms with van der Waals surface area (Å²) < 4.78 is 25.0. The first-order valence-electron chi connectivity index (χ1n) is 14.3. The minimum atomic E-state index is -0.912. The molecule has 1 saturated heterocycles. The number of nitrogens with two attached hydrogens (primary N) is 2. The first kappa shape index (κ1) is 30.8. The zero-order chi connectivity index (χ0) is 30.4. The van der Waals surface area contributed by atoms with E-state index < -0.39 is 16.8 Å². The van der Waals surface area contributed by atoms with Gasteiger partial charge >= 0.3 is 0 Å². The number of rotatable bonds is 10. The standard InChI is InChI=1S/C34H37N3O4S2/c1-3-4-26(19-33(35)37-36)25-6-8-27(9-7-25)40-20-24-5-12-32-30(18-24)31(21-42-32)29-11-10-28(17-23(29)2)41-22-34(38)13-15-43(39)16-14-34/h5-12,17-18,21,26,38H,13-16,19-20,22,36H2,1-2H3,(H2,35,37). The average molecular weight is 616 g/mol. The van der Waals surface area contributed by atoms with Gasteiger partial charge in [0.05, 0.1) is 5.92 Å². The van der Waals surface area contributed by atoms with Crippen LogP contribution in [0.4, 0.5) is 0 Å². The van der Waals surface area contributed by atoms with E-state index >= 15 is 0 Å². The number of nitrogens with zero attached hydrogens (tertiary/aromatic N) is 1. The number of amidine groups is 1. The van der Waals surface area contributed by atoms with Crippen molar-refractivity contribution in [3.63, 3.8) is 0 Å². The Labute approximate surface area is 260 Å². The number of thiophene rings is 1. The van der Waals surface area contributed by atoms with Crippen LogP contribution >= 0.6 is 11.3 Å². The Balaban J connectivity index is 1.26. The molecule has 1 aliphatic rings. The van der Waals surface area contributed by atoms with E-state index in [9.17, 15) is 9.66 Å². The van der Waals surface area contributed by atoms with Crippen LogP contribution in [0.5, 0.6) is 11.5 Å². The Kier molecular flexibility index (Phi) is 9.83. The highest BCUT2D eigenvalue weighted by atomic mass is 32.2. The summed E-state index contributed by atoms with van der Waals surface area (Å²) in [5.74, 6) is 14.3. The van der Waals surface area contributed by atoms with E-state index in [4.69, 9.17) is 21.1 Å². The van der Waals surface area contributed by atoms with E-state index in [1.54, 1.807) is 18.3 Å². The van der Waals surface area contributed by atoms with Gasteiger partial charge in [0.15, 0.2) is 0 Å². The number of aliphatic hydroxyl groups is 1. The van der Waals surface area contributed by atoms with Crippen molar-refractivity contribution in [3.8, 4) is 34.5 Å². The minimum Gasteiger partial charge on any atom is -0.616 e. The van der Waals surface area contributed by atoms with E-state index in [0.29, 0.717) is 43.2 Å². The molecule has 5 rings (SSSR count). The molecule has 0 bridgehead atoms. The van der Waals surface area contributed by atoms with Crippen molar-refractivity contribution < 1.29 is 19.1 Å². The molecule has 0 amide bonds. The van der Waals surface area contributed by atoms with Crippen LogP contribution in [0, 0.1) is 18.8 Å². The molecule has 2 heterocycles. The number of hydrogen-bond donors (Lipinski definition) is 3. The molecule has 4 aromatic rings. The molecule has 0 spiro atoms. The largest absolute Gasteiger partial charge is 0.616 e. The van der Waals surface area contributed by atoms with Crippen molar-refractivity contribution in [3.05, 3.63) is 82.7 Å². The average Bonchev–Trinajstić information content (AvgIpc) is 3.44. The molecule has 1 aromatic heterocycles. The van der Waals surface area contributed by atoms with Crippen molar-refractivity contribution in [2.24, 2.45) is 16.7 Å². The molecule has 0 radical (unpaired) electrons. The van der Waals surface area contributed by atoms with Gasteiger partial charge in [-0.1, -0.05) is 41.4 Å². The van der Waals surface area contributed by atoms with Crippen LogP contribution < -0.4 is 21.1 Å². The van der Waals surface area contributed by atoms with Crippen molar-refractivity contribution in [1.82, 2.24) is 0 Å². The van der Waals surface area contributed by atoms with E-state index in [1.807, 2.05) is 36.4 Å². The highest BCUT2D eigenvalue weighted by Crippen LogP contribution is 2.37. The second kappa shape index (κ2) is 13.7. The van der Waals surface area contributed by atoms with Gasteiger partial charge in [-0.25, -0.2) is 0 Å². The number of hydrazone groups is 1. The second-order valence-electron chi connectivity index (χ2n) is 10.9. The zero-order valence-corrected chi connectivity index (χ0v) is 26.1. The third kappa shape index (κ3) is 7.64. The van der Waals surface area contributed by atoms with Crippen LogP contribution in [-0.2, 0) is 17.8 Å². The molecule has 0 aliphatic carbocycles. The molecule has 3 aromatic carbocycles. The summed E-state index contributed by atoms with van der Waals surface area (Å²) >= 11 is 0.895. The summed E-state index contributed by atoms with van der Waals surface area (Å²) in [5.41, 5.74) is 10.5. The highest BCUT2D eigenvalue weighted by Gasteiger charge is 2.35. The Hall–Kier alpha value is -3.68. The van der Waals surface area contributed by atoms with Gasteiger partial charge in [0.2, 0.25) is 0 Å². The van der Waals surface area contributed by atoms with Crippen molar-refractivity contribution in [2.75, 3.05) is 18.1 Å². The predicted octanol–water partition coefficient (Wildman–Crippen LogP) is 5.84. The fourth-order valence-electron chi connectivity index (χ4n) is 5.25. The van der Waals surface area contributed by atoms with Gasteiger partial charge in [0, 0.05) is 34.9 Å². The van der Waals surface area contributed by atoms with Crippen LogP contribution in [-0.4, -0.2) is 39.2 Å². The summed E-state index contributed by atoms with van der Waals surface area (Å²) in [6.07, 6.45) is 1.48. The first-order chi connectivity index (χ1) is 20.8. The van der Waals surface area contributed by atoms with Crippen molar-refractivity contribution in [2.45, 2.75) is 51.2 Å². The summed E-state index contributed by atoms with van der Waals surface area (Å²) in [4.78, 5) is 0. The molecule has 1 atom stereocenters. The topological polar surface area (TPSA) is 126 Å². The third-order valence-electron chi connectivity index (χ3n) is 7.81. The Morgan fingerprint density at radius 3 is 2.51 bits per heavy atom. The van der Waals surface area contributed by atoms with Crippen LogP contribution in [0.3, 0.4) is 0 Å². The molecule has 9 heteroatoms. The lowest BCUT2D eigenvalue weighted by molar-refractivity contribution is -0.0128. The number of hydrogen-bond acceptors (Lipinski definition) is 7. The fourth-order valence-corrected chi connectivity index (χ4v) is 7.61. The molecular weight excluding hydrogens is 579 g/mol. The number of benzene rings is 3. The molecule has 43 heavy (non-hydrogen) atoms. The maximum Gasteiger partial charge on any atom is 0.120 e. The van der Waals surface area contributed by atoms with Crippen molar-refractivity contribution >= 4 is 38.4 Å². The SMILES string of the molecule is CC#CC(C/C(N)=N/N)c1ccc(OCc2ccc3scc(-c4ccc(OCC5(O)CC[S+]([O-])CC5)cc4C)c3c2)cc1. The van der Waals surface area contributed by atoms with E-state index in [-0.39, 0.29) is 12.5 Å². The first-order valence-corrected chi connectivity index (χ1v) is 16.6. The molecule has 1 unspecified atom stereocenters. The monoisotopic (exact) mass is 615 g/mol. The zero-order valence-electron chi connectivity index (χ0n) is 24.5. The lowest BCUT2D eigenvalue weighted by atomic mass is 9.95. The van der Waals surface area contributed by atoms with Crippen LogP contribution in [0.1, 0.15) is 48.8 Å². The Morgan fingerprint density at radius 2 is 1.81 bits per heavy atom. The molecule has 5 N–H and O–H groups in total. The van der Waals surface area contributed by atoms with Crippen LogP contribution in [0.25, 0.3) is 21.2 Å². The molecule has 224 valence electrons.